The van der Waals surface area contributed by atoms with Gasteiger partial charge in [0.25, 0.3) is 5.89 Å². The normalized spacial score (nSPS) is 16.8. The van der Waals surface area contributed by atoms with Crippen LogP contribution in [0.5, 0.6) is 5.75 Å². The maximum absolute atomic E-state index is 13.1. The van der Waals surface area contributed by atoms with Crippen molar-refractivity contribution in [1.29, 1.82) is 0 Å². The van der Waals surface area contributed by atoms with E-state index < -0.39 is 0 Å². The van der Waals surface area contributed by atoms with Crippen LogP contribution in [0.3, 0.4) is 0 Å². The molecule has 33 heavy (non-hydrogen) atoms. The molecular weight excluding hydrogens is 416 g/mol. The molecule has 0 radical (unpaired) electrons. The zero-order chi connectivity index (χ0) is 22.3. The molecule has 2 aliphatic rings. The number of nitrogens with zero attached hydrogens (tertiary/aromatic N) is 4. The molecule has 2 aromatic heterocycles. The average molecular weight is 438 g/mol. The lowest BCUT2D eigenvalue weighted by atomic mass is 9.93. The highest BCUT2D eigenvalue weighted by molar-refractivity contribution is 5.92. The molecular formula is C26H22N4O3. The van der Waals surface area contributed by atoms with E-state index in [0.29, 0.717) is 24.8 Å². The maximum Gasteiger partial charge on any atom is 0.258 e. The fourth-order valence-electron chi connectivity index (χ4n) is 4.32. The summed E-state index contributed by atoms with van der Waals surface area (Å²) in [7, 11) is 0. The number of carbonyl (C=O) groups excluding carboxylic acids is 1. The Bertz CT molecular complexity index is 1260. The molecule has 7 nitrogen and oxygen atoms in total. The Morgan fingerprint density at radius 2 is 1.67 bits per heavy atom. The summed E-state index contributed by atoms with van der Waals surface area (Å²) in [5, 5.41) is 4.07. The molecule has 1 aliphatic heterocycles. The van der Waals surface area contributed by atoms with Crippen molar-refractivity contribution < 1.29 is 14.1 Å². The third kappa shape index (κ3) is 3.65. The largest absolute Gasteiger partial charge is 0.487 e. The predicted octanol–water partition coefficient (Wildman–Crippen LogP) is 4.12. The average Bonchev–Trinajstić information content (AvgIpc) is 3.52. The molecule has 1 amide bonds. The number of hydrogen-bond donors (Lipinski definition) is 0. The van der Waals surface area contributed by atoms with Gasteiger partial charge in [-0.05, 0) is 54.8 Å². The van der Waals surface area contributed by atoms with Gasteiger partial charge in [-0.3, -0.25) is 9.78 Å². The van der Waals surface area contributed by atoms with Gasteiger partial charge in [0, 0.05) is 23.5 Å². The minimum absolute atomic E-state index is 0.00911. The van der Waals surface area contributed by atoms with Gasteiger partial charge >= 0.3 is 0 Å². The van der Waals surface area contributed by atoms with Gasteiger partial charge < -0.3 is 14.2 Å². The molecule has 3 heterocycles. The van der Waals surface area contributed by atoms with E-state index >= 15 is 0 Å². The second-order valence-corrected chi connectivity index (χ2v) is 8.58. The molecule has 0 N–H and O–H groups in total. The number of benzene rings is 2. The first-order valence-electron chi connectivity index (χ1n) is 11.1. The summed E-state index contributed by atoms with van der Waals surface area (Å²) in [6, 6.07) is 21.4. The van der Waals surface area contributed by atoms with Crippen LogP contribution in [-0.2, 0) is 10.2 Å². The number of ether oxygens (including phenoxy) is 1. The third-order valence-electron chi connectivity index (χ3n) is 6.39. The van der Waals surface area contributed by atoms with E-state index in [1.165, 1.54) is 0 Å². The van der Waals surface area contributed by atoms with Crippen LogP contribution in [0.2, 0.25) is 0 Å². The molecule has 0 unspecified atom stereocenters. The summed E-state index contributed by atoms with van der Waals surface area (Å²) in [6.45, 7) is 1.24. The minimum Gasteiger partial charge on any atom is -0.487 e. The van der Waals surface area contributed by atoms with Crippen molar-refractivity contribution in [2.75, 3.05) is 13.1 Å². The monoisotopic (exact) mass is 438 g/mol. The lowest BCUT2D eigenvalue weighted by Crippen LogP contribution is -2.58. The summed E-state index contributed by atoms with van der Waals surface area (Å²) in [5.41, 5.74) is 2.49. The second-order valence-electron chi connectivity index (χ2n) is 8.58. The first-order chi connectivity index (χ1) is 16.2. The lowest BCUT2D eigenvalue weighted by Gasteiger charge is -2.41. The van der Waals surface area contributed by atoms with Crippen molar-refractivity contribution in [1.82, 2.24) is 20.0 Å². The standard InChI is InChI=1S/C26H22N4O3/c31-25(26(12-13-26)20-4-2-1-3-5-20)30-16-22(17-30)32-21-8-6-18(7-9-21)23-28-24(33-29-23)19-10-14-27-15-11-19/h1-11,14-15,22H,12-13,16-17H2. The van der Waals surface area contributed by atoms with Crippen molar-refractivity contribution in [3.05, 3.63) is 84.7 Å². The van der Waals surface area contributed by atoms with Gasteiger partial charge in [0.1, 0.15) is 11.9 Å². The van der Waals surface area contributed by atoms with Crippen LogP contribution in [0.4, 0.5) is 0 Å². The second kappa shape index (κ2) is 7.85. The summed E-state index contributed by atoms with van der Waals surface area (Å²) in [5.74, 6) is 1.96. The van der Waals surface area contributed by atoms with Crippen LogP contribution < -0.4 is 4.74 Å². The van der Waals surface area contributed by atoms with Crippen molar-refractivity contribution in [2.45, 2.75) is 24.4 Å². The molecule has 0 spiro atoms. The van der Waals surface area contributed by atoms with Crippen molar-refractivity contribution in [3.63, 3.8) is 0 Å². The van der Waals surface area contributed by atoms with Crippen LogP contribution in [-0.4, -0.2) is 45.1 Å². The maximum atomic E-state index is 13.1. The van der Waals surface area contributed by atoms with Gasteiger partial charge in [0.2, 0.25) is 11.7 Å². The van der Waals surface area contributed by atoms with Gasteiger partial charge in [-0.15, -0.1) is 0 Å². The zero-order valence-corrected chi connectivity index (χ0v) is 17.9. The fourth-order valence-corrected chi connectivity index (χ4v) is 4.32. The van der Waals surface area contributed by atoms with E-state index in [9.17, 15) is 4.79 Å². The minimum atomic E-state index is -0.312. The van der Waals surface area contributed by atoms with E-state index in [4.69, 9.17) is 9.26 Å². The van der Waals surface area contributed by atoms with Gasteiger partial charge in [0.05, 0.1) is 18.5 Å². The Morgan fingerprint density at radius 3 is 2.36 bits per heavy atom. The zero-order valence-electron chi connectivity index (χ0n) is 17.9. The highest BCUT2D eigenvalue weighted by atomic mass is 16.5. The first-order valence-corrected chi connectivity index (χ1v) is 11.1. The van der Waals surface area contributed by atoms with E-state index in [-0.39, 0.29) is 17.4 Å². The molecule has 6 rings (SSSR count). The van der Waals surface area contributed by atoms with Crippen LogP contribution in [0, 0.1) is 0 Å². The highest BCUT2D eigenvalue weighted by Crippen LogP contribution is 2.50. The predicted molar refractivity (Wildman–Crippen MR) is 121 cm³/mol. The Labute approximate surface area is 191 Å². The van der Waals surface area contributed by atoms with Crippen molar-refractivity contribution >= 4 is 5.91 Å². The summed E-state index contributed by atoms with van der Waals surface area (Å²) in [6.07, 6.45) is 5.24. The first kappa shape index (κ1) is 19.7. The van der Waals surface area contributed by atoms with E-state index in [2.05, 4.69) is 27.3 Å². The van der Waals surface area contributed by atoms with Gasteiger partial charge in [-0.25, -0.2) is 0 Å². The summed E-state index contributed by atoms with van der Waals surface area (Å²) in [4.78, 5) is 23.4. The van der Waals surface area contributed by atoms with Crippen LogP contribution in [0.1, 0.15) is 18.4 Å². The molecule has 0 atom stereocenters. The topological polar surface area (TPSA) is 81.4 Å². The fraction of sp³-hybridized carbons (Fsp3) is 0.231. The molecule has 2 fully saturated rings. The summed E-state index contributed by atoms with van der Waals surface area (Å²) >= 11 is 0. The molecule has 1 saturated heterocycles. The summed E-state index contributed by atoms with van der Waals surface area (Å²) < 4.78 is 11.4. The Hall–Kier alpha value is -4.00. The molecule has 4 aromatic rings. The number of aromatic nitrogens is 3. The molecule has 0 bridgehead atoms. The van der Waals surface area contributed by atoms with Gasteiger partial charge in [-0.1, -0.05) is 35.5 Å². The SMILES string of the molecule is O=C(N1CC(Oc2ccc(-c3noc(-c4ccncc4)n3)cc2)C1)C1(c2ccccc2)CC1. The number of likely N-dealkylation sites (tertiary alicyclic amines) is 1. The highest BCUT2D eigenvalue weighted by Gasteiger charge is 2.54. The molecule has 7 heteroatoms. The smallest absolute Gasteiger partial charge is 0.258 e. The molecule has 1 aliphatic carbocycles. The van der Waals surface area contributed by atoms with Crippen LogP contribution in [0.15, 0.2) is 83.6 Å². The van der Waals surface area contributed by atoms with Crippen molar-refractivity contribution in [3.8, 4) is 28.6 Å². The number of pyridine rings is 1. The van der Waals surface area contributed by atoms with E-state index in [1.807, 2.05) is 59.5 Å². The van der Waals surface area contributed by atoms with Crippen LogP contribution in [0.25, 0.3) is 22.8 Å². The Morgan fingerprint density at radius 1 is 0.939 bits per heavy atom. The Balaban J connectivity index is 1.06. The number of hydrogen-bond acceptors (Lipinski definition) is 6. The number of rotatable bonds is 6. The molecule has 2 aromatic carbocycles. The Kier molecular flexibility index (Phi) is 4.68. The van der Waals surface area contributed by atoms with E-state index in [0.717, 1.165) is 35.3 Å². The third-order valence-corrected chi connectivity index (χ3v) is 6.39. The lowest BCUT2D eigenvalue weighted by molar-refractivity contribution is -0.142. The van der Waals surface area contributed by atoms with Gasteiger partial charge in [-0.2, -0.15) is 4.98 Å². The molecule has 1 saturated carbocycles. The quantitative estimate of drug-likeness (QED) is 0.450. The molecule has 164 valence electrons. The van der Waals surface area contributed by atoms with E-state index in [1.54, 1.807) is 12.4 Å². The van der Waals surface area contributed by atoms with Crippen molar-refractivity contribution in [2.24, 2.45) is 0 Å². The number of carbonyl (C=O) groups is 1. The van der Waals surface area contributed by atoms with Crippen LogP contribution >= 0.6 is 0 Å². The number of amides is 1. The van der Waals surface area contributed by atoms with Gasteiger partial charge in [0.15, 0.2) is 0 Å².